The van der Waals surface area contributed by atoms with Gasteiger partial charge in [-0.15, -0.1) is 0 Å². The SMILES string of the molecule is CC1(C)CC(=O)[C@H]([C@H](O)c2ccccc2)C(C)(C)O1. The molecule has 1 heterocycles. The third kappa shape index (κ3) is 2.88. The average molecular weight is 262 g/mol. The van der Waals surface area contributed by atoms with Crippen LogP contribution in [-0.4, -0.2) is 22.1 Å². The van der Waals surface area contributed by atoms with Crippen LogP contribution in [0, 0.1) is 5.92 Å². The van der Waals surface area contributed by atoms with E-state index in [4.69, 9.17) is 4.74 Å². The van der Waals surface area contributed by atoms with Crippen molar-refractivity contribution in [3.8, 4) is 0 Å². The zero-order valence-electron chi connectivity index (χ0n) is 12.0. The Morgan fingerprint density at radius 2 is 1.79 bits per heavy atom. The second kappa shape index (κ2) is 4.73. The molecule has 1 aliphatic rings. The van der Waals surface area contributed by atoms with E-state index in [0.717, 1.165) is 5.56 Å². The molecule has 1 aromatic rings. The number of aliphatic hydroxyl groups is 1. The number of rotatable bonds is 2. The lowest BCUT2D eigenvalue weighted by molar-refractivity contribution is -0.202. The summed E-state index contributed by atoms with van der Waals surface area (Å²) in [5.74, 6) is -0.458. The van der Waals surface area contributed by atoms with Crippen LogP contribution >= 0.6 is 0 Å². The van der Waals surface area contributed by atoms with Gasteiger partial charge in [0.15, 0.2) is 0 Å². The summed E-state index contributed by atoms with van der Waals surface area (Å²) < 4.78 is 6.01. The van der Waals surface area contributed by atoms with E-state index in [-0.39, 0.29) is 5.78 Å². The van der Waals surface area contributed by atoms with Gasteiger partial charge in [0.25, 0.3) is 0 Å². The topological polar surface area (TPSA) is 46.5 Å². The third-order valence-corrected chi connectivity index (χ3v) is 3.69. The Morgan fingerprint density at radius 1 is 1.21 bits per heavy atom. The van der Waals surface area contributed by atoms with Crippen molar-refractivity contribution in [1.82, 2.24) is 0 Å². The molecule has 3 nitrogen and oxygen atoms in total. The molecular formula is C16H22O3. The quantitative estimate of drug-likeness (QED) is 0.891. The molecule has 19 heavy (non-hydrogen) atoms. The Bertz CT molecular complexity index is 462. The second-order valence-electron chi connectivity index (χ2n) is 6.44. The number of hydrogen-bond donors (Lipinski definition) is 1. The number of benzene rings is 1. The normalized spacial score (nSPS) is 27.0. The van der Waals surface area contributed by atoms with Crippen LogP contribution in [-0.2, 0) is 9.53 Å². The molecule has 104 valence electrons. The molecule has 0 saturated carbocycles. The molecule has 1 fully saturated rings. The van der Waals surface area contributed by atoms with Gasteiger partial charge in [-0.3, -0.25) is 4.79 Å². The van der Waals surface area contributed by atoms with E-state index in [1.54, 1.807) is 0 Å². The Labute approximate surface area is 114 Å². The first-order chi connectivity index (χ1) is 8.73. The highest BCUT2D eigenvalue weighted by Crippen LogP contribution is 2.42. The molecule has 0 amide bonds. The third-order valence-electron chi connectivity index (χ3n) is 3.69. The number of Topliss-reactive ketones (excluding diaryl/α,β-unsaturated/α-hetero) is 1. The van der Waals surface area contributed by atoms with Crippen molar-refractivity contribution in [1.29, 1.82) is 0 Å². The smallest absolute Gasteiger partial charge is 0.144 e. The second-order valence-corrected chi connectivity index (χ2v) is 6.44. The summed E-state index contributed by atoms with van der Waals surface area (Å²) in [4.78, 5) is 12.4. The summed E-state index contributed by atoms with van der Waals surface area (Å²) in [7, 11) is 0. The fourth-order valence-electron chi connectivity index (χ4n) is 3.13. The molecule has 1 aromatic carbocycles. The number of carbonyl (C=O) groups excluding carboxylic acids is 1. The molecule has 1 aliphatic heterocycles. The number of hydrogen-bond acceptors (Lipinski definition) is 3. The Kier molecular flexibility index (Phi) is 3.54. The summed E-state index contributed by atoms with van der Waals surface area (Å²) in [5.41, 5.74) is -0.376. The first-order valence-corrected chi connectivity index (χ1v) is 6.69. The maximum atomic E-state index is 12.4. The van der Waals surface area contributed by atoms with Crippen molar-refractivity contribution in [2.24, 2.45) is 5.92 Å². The van der Waals surface area contributed by atoms with Gasteiger partial charge in [0.2, 0.25) is 0 Å². The van der Waals surface area contributed by atoms with Crippen molar-refractivity contribution in [3.05, 3.63) is 35.9 Å². The van der Waals surface area contributed by atoms with Crippen molar-refractivity contribution in [2.75, 3.05) is 0 Å². The van der Waals surface area contributed by atoms with E-state index in [1.165, 1.54) is 0 Å². The Hall–Kier alpha value is -1.19. The minimum Gasteiger partial charge on any atom is -0.388 e. The minimum atomic E-state index is -0.820. The largest absolute Gasteiger partial charge is 0.388 e. The zero-order valence-corrected chi connectivity index (χ0v) is 12.0. The van der Waals surface area contributed by atoms with Gasteiger partial charge in [0.1, 0.15) is 5.78 Å². The van der Waals surface area contributed by atoms with Gasteiger partial charge in [-0.25, -0.2) is 0 Å². The summed E-state index contributed by atoms with van der Waals surface area (Å²) in [6.07, 6.45) is -0.481. The van der Waals surface area contributed by atoms with Crippen molar-refractivity contribution in [2.45, 2.75) is 51.4 Å². The van der Waals surface area contributed by atoms with Crippen molar-refractivity contribution < 1.29 is 14.6 Å². The van der Waals surface area contributed by atoms with Crippen molar-refractivity contribution in [3.63, 3.8) is 0 Å². The van der Waals surface area contributed by atoms with E-state index >= 15 is 0 Å². The van der Waals surface area contributed by atoms with Gasteiger partial charge in [-0.2, -0.15) is 0 Å². The van der Waals surface area contributed by atoms with Gasteiger partial charge >= 0.3 is 0 Å². The van der Waals surface area contributed by atoms with E-state index < -0.39 is 23.2 Å². The lowest BCUT2D eigenvalue weighted by Crippen LogP contribution is -2.54. The van der Waals surface area contributed by atoms with Crippen molar-refractivity contribution >= 4 is 5.78 Å². The highest BCUT2D eigenvalue weighted by Gasteiger charge is 2.49. The van der Waals surface area contributed by atoms with E-state index in [2.05, 4.69) is 0 Å². The van der Waals surface area contributed by atoms with Crippen LogP contribution in [0.1, 0.15) is 45.8 Å². The monoisotopic (exact) mass is 262 g/mol. The molecule has 2 atom stereocenters. The van der Waals surface area contributed by atoms with E-state index in [9.17, 15) is 9.90 Å². The molecule has 0 unspecified atom stereocenters. The van der Waals surface area contributed by atoms with Gasteiger partial charge in [-0.1, -0.05) is 30.3 Å². The van der Waals surface area contributed by atoms with Gasteiger partial charge in [0, 0.05) is 6.42 Å². The average Bonchev–Trinajstić information content (AvgIpc) is 2.25. The van der Waals surface area contributed by atoms with Crippen LogP contribution in [0.3, 0.4) is 0 Å². The predicted molar refractivity (Wildman–Crippen MR) is 73.8 cm³/mol. The molecule has 0 radical (unpaired) electrons. The zero-order chi connectivity index (χ0) is 14.3. The fraction of sp³-hybridized carbons (Fsp3) is 0.562. The van der Waals surface area contributed by atoms with E-state index in [1.807, 2.05) is 58.0 Å². The van der Waals surface area contributed by atoms with Crippen LogP contribution in [0.2, 0.25) is 0 Å². The number of aliphatic hydroxyl groups excluding tert-OH is 1. The summed E-state index contributed by atoms with van der Waals surface area (Å²) >= 11 is 0. The van der Waals surface area contributed by atoms with Crippen LogP contribution in [0.15, 0.2) is 30.3 Å². The number of ketones is 1. The first kappa shape index (κ1) is 14.2. The van der Waals surface area contributed by atoms with Gasteiger partial charge in [-0.05, 0) is 33.3 Å². The number of ether oxygens (including phenoxy) is 1. The molecule has 0 aliphatic carbocycles. The van der Waals surface area contributed by atoms with Crippen LogP contribution < -0.4 is 0 Å². The lowest BCUT2D eigenvalue weighted by Gasteiger charge is -2.47. The fourth-order valence-corrected chi connectivity index (χ4v) is 3.13. The van der Waals surface area contributed by atoms with Crippen LogP contribution in [0.5, 0.6) is 0 Å². The summed E-state index contributed by atoms with van der Waals surface area (Å²) in [5, 5.41) is 10.5. The highest BCUT2D eigenvalue weighted by atomic mass is 16.5. The number of carbonyl (C=O) groups is 1. The molecule has 1 saturated heterocycles. The molecule has 0 spiro atoms. The maximum Gasteiger partial charge on any atom is 0.144 e. The summed E-state index contributed by atoms with van der Waals surface area (Å²) in [6, 6.07) is 9.30. The maximum absolute atomic E-state index is 12.4. The van der Waals surface area contributed by atoms with E-state index in [0.29, 0.717) is 6.42 Å². The highest BCUT2D eigenvalue weighted by molar-refractivity contribution is 5.84. The standard InChI is InChI=1S/C16H22O3/c1-15(2)10-12(17)13(16(3,4)19-15)14(18)11-8-6-5-7-9-11/h5-9,13-14,18H,10H2,1-4H3/t13-,14-/m1/s1. The van der Waals surface area contributed by atoms with Gasteiger partial charge in [0.05, 0.1) is 23.2 Å². The minimum absolute atomic E-state index is 0.0672. The lowest BCUT2D eigenvalue weighted by atomic mass is 9.74. The predicted octanol–water partition coefficient (Wildman–Crippen LogP) is 2.88. The van der Waals surface area contributed by atoms with Crippen LogP contribution in [0.25, 0.3) is 0 Å². The molecule has 0 bridgehead atoms. The molecule has 3 heteroatoms. The Balaban J connectivity index is 2.31. The molecule has 2 rings (SSSR count). The first-order valence-electron chi connectivity index (χ1n) is 6.69. The molecule has 1 N–H and O–H groups in total. The summed E-state index contributed by atoms with van der Waals surface area (Å²) in [6.45, 7) is 7.58. The molecular weight excluding hydrogens is 240 g/mol. The van der Waals surface area contributed by atoms with Crippen LogP contribution in [0.4, 0.5) is 0 Å². The Morgan fingerprint density at radius 3 is 2.32 bits per heavy atom. The van der Waals surface area contributed by atoms with Gasteiger partial charge < -0.3 is 9.84 Å². The molecule has 0 aromatic heterocycles.